The molecule has 1 fully saturated rings. The van der Waals surface area contributed by atoms with Crippen molar-refractivity contribution in [2.75, 3.05) is 0 Å². The number of benzene rings is 1. The second kappa shape index (κ2) is 5.23. The highest BCUT2D eigenvalue weighted by molar-refractivity contribution is 7.90. The molecule has 0 spiro atoms. The van der Waals surface area contributed by atoms with Gasteiger partial charge in [0.1, 0.15) is 5.76 Å². The largest absolute Gasteiger partial charge is 0.361 e. The second-order valence-electron chi connectivity index (χ2n) is 6.38. The van der Waals surface area contributed by atoms with E-state index in [-0.39, 0.29) is 11.0 Å². The number of nitrogens with zero attached hydrogens (tertiary/aromatic N) is 1. The molecule has 2 aliphatic rings. The summed E-state index contributed by atoms with van der Waals surface area (Å²) < 4.78 is 31.2. The van der Waals surface area contributed by atoms with Crippen LogP contribution < -0.4 is 0 Å². The molecule has 4 nitrogen and oxygen atoms in total. The molecule has 0 saturated heterocycles. The highest BCUT2D eigenvalue weighted by atomic mass is 32.2. The van der Waals surface area contributed by atoms with Gasteiger partial charge in [-0.15, -0.1) is 0 Å². The van der Waals surface area contributed by atoms with Crippen molar-refractivity contribution in [1.82, 2.24) is 5.16 Å². The summed E-state index contributed by atoms with van der Waals surface area (Å²) in [6.45, 7) is 0. The highest BCUT2D eigenvalue weighted by Gasteiger charge is 2.35. The Bertz CT molecular complexity index is 790. The molecule has 1 saturated carbocycles. The van der Waals surface area contributed by atoms with Crippen LogP contribution in [-0.2, 0) is 22.0 Å². The molecule has 22 heavy (non-hydrogen) atoms. The molecule has 1 atom stereocenters. The third-order valence-corrected chi connectivity index (χ3v) is 6.80. The summed E-state index contributed by atoms with van der Waals surface area (Å²) in [5.41, 5.74) is 2.92. The zero-order chi connectivity index (χ0) is 15.2. The summed E-state index contributed by atoms with van der Waals surface area (Å²) in [5, 5.41) is 3.43. The monoisotopic (exact) mass is 317 g/mol. The zero-order valence-electron chi connectivity index (χ0n) is 12.4. The van der Waals surface area contributed by atoms with Crippen molar-refractivity contribution in [3.05, 3.63) is 52.9 Å². The predicted octanol–water partition coefficient (Wildman–Crippen LogP) is 3.54. The van der Waals surface area contributed by atoms with Crippen LogP contribution in [0, 0.1) is 0 Å². The standard InChI is InChI=1S/C17H19NO3S/c19-22(20,11-14-10-18-21-17(14)13-8-9-13)16-7-3-5-12-4-1-2-6-15(12)16/h1-2,4,6,10,13,16H,3,5,7-9,11H2. The van der Waals surface area contributed by atoms with Gasteiger partial charge < -0.3 is 4.52 Å². The molecule has 116 valence electrons. The molecule has 2 aromatic rings. The van der Waals surface area contributed by atoms with E-state index in [0.717, 1.165) is 42.6 Å². The fraction of sp³-hybridized carbons (Fsp3) is 0.471. The molecule has 2 aliphatic carbocycles. The van der Waals surface area contributed by atoms with Gasteiger partial charge in [-0.3, -0.25) is 0 Å². The van der Waals surface area contributed by atoms with Crippen molar-refractivity contribution in [3.63, 3.8) is 0 Å². The maximum atomic E-state index is 12.9. The van der Waals surface area contributed by atoms with E-state index in [9.17, 15) is 8.42 Å². The van der Waals surface area contributed by atoms with Crippen LogP contribution in [0.25, 0.3) is 0 Å². The van der Waals surface area contributed by atoms with Gasteiger partial charge in [-0.25, -0.2) is 8.42 Å². The fourth-order valence-corrected chi connectivity index (χ4v) is 5.45. The van der Waals surface area contributed by atoms with Crippen molar-refractivity contribution in [2.45, 2.75) is 49.0 Å². The Balaban J connectivity index is 1.65. The van der Waals surface area contributed by atoms with Crippen LogP contribution in [0.2, 0.25) is 0 Å². The Kier molecular flexibility index (Phi) is 3.33. The lowest BCUT2D eigenvalue weighted by Gasteiger charge is -2.25. The molecular formula is C17H19NO3S. The van der Waals surface area contributed by atoms with E-state index in [2.05, 4.69) is 5.16 Å². The van der Waals surface area contributed by atoms with Gasteiger partial charge in [0.15, 0.2) is 9.84 Å². The number of aromatic nitrogens is 1. The van der Waals surface area contributed by atoms with Gasteiger partial charge >= 0.3 is 0 Å². The lowest BCUT2D eigenvalue weighted by atomic mass is 9.91. The van der Waals surface area contributed by atoms with Gasteiger partial charge in [-0.1, -0.05) is 29.4 Å². The van der Waals surface area contributed by atoms with Crippen LogP contribution >= 0.6 is 0 Å². The first kappa shape index (κ1) is 14.0. The van der Waals surface area contributed by atoms with Crippen molar-refractivity contribution >= 4 is 9.84 Å². The summed E-state index contributed by atoms with van der Waals surface area (Å²) >= 11 is 0. The van der Waals surface area contributed by atoms with Gasteiger partial charge in [-0.2, -0.15) is 0 Å². The van der Waals surface area contributed by atoms with E-state index in [1.54, 1.807) is 6.20 Å². The maximum Gasteiger partial charge on any atom is 0.161 e. The highest BCUT2D eigenvalue weighted by Crippen LogP contribution is 2.43. The van der Waals surface area contributed by atoms with Crippen molar-refractivity contribution < 1.29 is 12.9 Å². The van der Waals surface area contributed by atoms with Crippen molar-refractivity contribution in [2.24, 2.45) is 0 Å². The summed E-state index contributed by atoms with van der Waals surface area (Å²) in [4.78, 5) is 0. The molecule has 0 aliphatic heterocycles. The van der Waals surface area contributed by atoms with Crippen LogP contribution in [0.1, 0.15) is 59.3 Å². The summed E-state index contributed by atoms with van der Waals surface area (Å²) in [7, 11) is -3.25. The molecule has 1 aromatic heterocycles. The van der Waals surface area contributed by atoms with Crippen LogP contribution in [0.4, 0.5) is 0 Å². The van der Waals surface area contributed by atoms with Gasteiger partial charge in [-0.05, 0) is 43.2 Å². The average Bonchev–Trinajstić information content (AvgIpc) is 3.27. The van der Waals surface area contributed by atoms with E-state index in [0.29, 0.717) is 12.3 Å². The molecule has 1 heterocycles. The maximum absolute atomic E-state index is 12.9. The minimum absolute atomic E-state index is 0.0430. The predicted molar refractivity (Wildman–Crippen MR) is 83.2 cm³/mol. The van der Waals surface area contributed by atoms with Gasteiger partial charge in [0, 0.05) is 11.5 Å². The molecule has 0 bridgehead atoms. The smallest absolute Gasteiger partial charge is 0.161 e. The van der Waals surface area contributed by atoms with E-state index in [4.69, 9.17) is 4.52 Å². The van der Waals surface area contributed by atoms with E-state index in [1.807, 2.05) is 24.3 Å². The van der Waals surface area contributed by atoms with Crippen LogP contribution in [-0.4, -0.2) is 13.6 Å². The van der Waals surface area contributed by atoms with E-state index < -0.39 is 9.84 Å². The Morgan fingerprint density at radius 2 is 2.00 bits per heavy atom. The quantitative estimate of drug-likeness (QED) is 0.865. The first-order chi connectivity index (χ1) is 10.6. The van der Waals surface area contributed by atoms with Gasteiger partial charge in [0.25, 0.3) is 0 Å². The minimum atomic E-state index is -3.25. The first-order valence-corrected chi connectivity index (χ1v) is 9.59. The van der Waals surface area contributed by atoms with Gasteiger partial charge in [0.05, 0.1) is 17.2 Å². The Hall–Kier alpha value is -1.62. The zero-order valence-corrected chi connectivity index (χ0v) is 13.2. The number of fused-ring (bicyclic) bond motifs is 1. The topological polar surface area (TPSA) is 60.2 Å². The van der Waals surface area contributed by atoms with Crippen LogP contribution in [0.3, 0.4) is 0 Å². The summed E-state index contributed by atoms with van der Waals surface area (Å²) in [6, 6.07) is 7.93. The molecular weight excluding hydrogens is 298 g/mol. The number of sulfone groups is 1. The third kappa shape index (κ3) is 2.47. The number of hydrogen-bond acceptors (Lipinski definition) is 4. The minimum Gasteiger partial charge on any atom is -0.361 e. The molecule has 1 aromatic carbocycles. The number of rotatable bonds is 4. The van der Waals surface area contributed by atoms with Crippen LogP contribution in [0.15, 0.2) is 35.0 Å². The Morgan fingerprint density at radius 3 is 2.82 bits per heavy atom. The molecule has 0 N–H and O–H groups in total. The Labute approximate surface area is 130 Å². The number of aryl methyl sites for hydroxylation is 1. The number of hydrogen-bond donors (Lipinski definition) is 0. The first-order valence-electron chi connectivity index (χ1n) is 7.88. The molecule has 1 unspecified atom stereocenters. The van der Waals surface area contributed by atoms with Gasteiger partial charge in [0.2, 0.25) is 0 Å². The summed E-state index contributed by atoms with van der Waals surface area (Å²) in [5.74, 6) is 1.21. The molecule has 4 rings (SSSR count). The van der Waals surface area contributed by atoms with Crippen LogP contribution in [0.5, 0.6) is 0 Å². The molecule has 5 heteroatoms. The van der Waals surface area contributed by atoms with E-state index in [1.165, 1.54) is 5.56 Å². The van der Waals surface area contributed by atoms with Crippen molar-refractivity contribution in [3.8, 4) is 0 Å². The Morgan fingerprint density at radius 1 is 1.18 bits per heavy atom. The molecule has 0 radical (unpaired) electrons. The van der Waals surface area contributed by atoms with Crippen molar-refractivity contribution in [1.29, 1.82) is 0 Å². The SMILES string of the molecule is O=S(=O)(Cc1cnoc1C1CC1)C1CCCc2ccccc21. The fourth-order valence-electron chi connectivity index (χ4n) is 3.46. The normalized spacial score (nSPS) is 21.5. The molecule has 0 amide bonds. The third-order valence-electron chi connectivity index (χ3n) is 4.73. The lowest BCUT2D eigenvalue weighted by Crippen LogP contribution is -2.20. The van der Waals surface area contributed by atoms with E-state index >= 15 is 0 Å². The second-order valence-corrected chi connectivity index (χ2v) is 8.56. The summed E-state index contributed by atoms with van der Waals surface area (Å²) in [6.07, 6.45) is 6.36. The average molecular weight is 317 g/mol. The lowest BCUT2D eigenvalue weighted by molar-refractivity contribution is 0.383.